The number of benzene rings is 1. The number of hydrogen-bond donors (Lipinski definition) is 1. The molecule has 0 saturated heterocycles. The average molecular weight is 202 g/mol. The Balaban J connectivity index is 2.36. The topological polar surface area (TPSA) is 26.0 Å². The Kier molecular flexibility index (Phi) is 2.03. The summed E-state index contributed by atoms with van der Waals surface area (Å²) in [7, 11) is 0. The van der Waals surface area contributed by atoms with E-state index < -0.39 is 0 Å². The Hall–Kier alpha value is -0.240. The summed E-state index contributed by atoms with van der Waals surface area (Å²) >= 11 is 11.8. The van der Waals surface area contributed by atoms with Crippen molar-refractivity contribution in [1.29, 1.82) is 0 Å². The molecule has 0 unspecified atom stereocenters. The third-order valence-electron chi connectivity index (χ3n) is 2.20. The first kappa shape index (κ1) is 8.36. The maximum absolute atomic E-state index is 5.98. The highest BCUT2D eigenvalue weighted by molar-refractivity contribution is 6.33. The molecular weight excluding hydrogens is 193 g/mol. The number of hydrogen-bond acceptors (Lipinski definition) is 1. The van der Waals surface area contributed by atoms with E-state index in [-0.39, 0.29) is 6.04 Å². The van der Waals surface area contributed by atoms with Crippen LogP contribution < -0.4 is 5.73 Å². The largest absolute Gasteiger partial charge is 0.327 e. The molecule has 1 saturated carbocycles. The van der Waals surface area contributed by atoms with E-state index in [1.807, 2.05) is 12.1 Å². The van der Waals surface area contributed by atoms with Crippen LogP contribution in [0.25, 0.3) is 0 Å². The molecule has 1 aromatic rings. The summed E-state index contributed by atoms with van der Waals surface area (Å²) in [6.45, 7) is 0. The zero-order chi connectivity index (χ0) is 8.72. The van der Waals surface area contributed by atoms with E-state index in [4.69, 9.17) is 28.9 Å². The second-order valence-electron chi connectivity index (χ2n) is 3.17. The summed E-state index contributed by atoms with van der Waals surface area (Å²) in [6.07, 6.45) is 1.03. The second kappa shape index (κ2) is 2.91. The first-order chi connectivity index (χ1) is 5.68. The molecule has 0 aromatic heterocycles. The molecule has 1 aliphatic rings. The molecule has 0 heterocycles. The van der Waals surface area contributed by atoms with Gasteiger partial charge in [0.15, 0.2) is 0 Å². The molecule has 0 spiro atoms. The van der Waals surface area contributed by atoms with Crippen molar-refractivity contribution in [3.8, 4) is 0 Å². The highest BCUT2D eigenvalue weighted by atomic mass is 35.5. The Bertz CT molecular complexity index is 311. The second-order valence-corrected chi connectivity index (χ2v) is 4.02. The van der Waals surface area contributed by atoms with Crippen LogP contribution in [0.3, 0.4) is 0 Å². The Morgan fingerprint density at radius 2 is 2.00 bits per heavy atom. The fourth-order valence-corrected chi connectivity index (χ4v) is 1.81. The Morgan fingerprint density at radius 1 is 1.33 bits per heavy atom. The molecule has 0 amide bonds. The van der Waals surface area contributed by atoms with Crippen LogP contribution in [0.4, 0.5) is 0 Å². The molecule has 0 aliphatic heterocycles. The normalized spacial score (nSPS) is 27.2. The first-order valence-electron chi connectivity index (χ1n) is 3.89. The van der Waals surface area contributed by atoms with Crippen molar-refractivity contribution < 1.29 is 0 Å². The van der Waals surface area contributed by atoms with Gasteiger partial charge in [-0.1, -0.05) is 23.2 Å². The van der Waals surface area contributed by atoms with Crippen LogP contribution in [0.2, 0.25) is 10.0 Å². The smallest absolute Gasteiger partial charge is 0.0442 e. The van der Waals surface area contributed by atoms with Crippen molar-refractivity contribution in [3.63, 3.8) is 0 Å². The summed E-state index contributed by atoms with van der Waals surface area (Å²) < 4.78 is 0. The van der Waals surface area contributed by atoms with Crippen molar-refractivity contribution >= 4 is 23.2 Å². The van der Waals surface area contributed by atoms with E-state index >= 15 is 0 Å². The van der Waals surface area contributed by atoms with Crippen molar-refractivity contribution in [2.24, 2.45) is 5.73 Å². The lowest BCUT2D eigenvalue weighted by Crippen LogP contribution is -2.01. The minimum Gasteiger partial charge on any atom is -0.327 e. The summed E-state index contributed by atoms with van der Waals surface area (Å²) in [5.74, 6) is 0.427. The van der Waals surface area contributed by atoms with E-state index in [2.05, 4.69) is 0 Å². The van der Waals surface area contributed by atoms with Crippen LogP contribution >= 0.6 is 23.2 Å². The van der Waals surface area contributed by atoms with Gasteiger partial charge in [-0.3, -0.25) is 0 Å². The predicted octanol–water partition coefficient (Wildman–Crippen LogP) is 2.81. The van der Waals surface area contributed by atoms with Gasteiger partial charge in [0.1, 0.15) is 0 Å². The molecule has 12 heavy (non-hydrogen) atoms. The predicted molar refractivity (Wildman–Crippen MR) is 51.8 cm³/mol. The molecular formula is C9H9Cl2N. The van der Waals surface area contributed by atoms with Crippen molar-refractivity contribution in [2.45, 2.75) is 18.4 Å². The van der Waals surface area contributed by atoms with Gasteiger partial charge in [-0.25, -0.2) is 0 Å². The van der Waals surface area contributed by atoms with Crippen LogP contribution in [0, 0.1) is 0 Å². The lowest BCUT2D eigenvalue weighted by Gasteiger charge is -2.02. The SMILES string of the molecule is N[C@@H]1C[C@H]1c1cc(Cl)ccc1Cl. The fraction of sp³-hybridized carbons (Fsp3) is 0.333. The van der Waals surface area contributed by atoms with Gasteiger partial charge in [0, 0.05) is 22.0 Å². The van der Waals surface area contributed by atoms with E-state index in [0.717, 1.165) is 22.0 Å². The third-order valence-corrected chi connectivity index (χ3v) is 2.78. The van der Waals surface area contributed by atoms with Gasteiger partial charge < -0.3 is 5.73 Å². The van der Waals surface area contributed by atoms with Crippen molar-refractivity contribution in [1.82, 2.24) is 0 Å². The van der Waals surface area contributed by atoms with Crippen LogP contribution in [-0.4, -0.2) is 6.04 Å². The van der Waals surface area contributed by atoms with E-state index in [1.165, 1.54) is 0 Å². The maximum atomic E-state index is 5.98. The zero-order valence-electron chi connectivity index (χ0n) is 6.43. The van der Waals surface area contributed by atoms with E-state index in [0.29, 0.717) is 5.92 Å². The van der Waals surface area contributed by atoms with Gasteiger partial charge in [-0.15, -0.1) is 0 Å². The van der Waals surface area contributed by atoms with Gasteiger partial charge in [0.2, 0.25) is 0 Å². The molecule has 1 fully saturated rings. The van der Waals surface area contributed by atoms with Gasteiger partial charge in [0.25, 0.3) is 0 Å². The van der Waals surface area contributed by atoms with Crippen LogP contribution in [0.15, 0.2) is 18.2 Å². The maximum Gasteiger partial charge on any atom is 0.0442 e. The number of rotatable bonds is 1. The summed E-state index contributed by atoms with van der Waals surface area (Å²) in [4.78, 5) is 0. The van der Waals surface area contributed by atoms with E-state index in [1.54, 1.807) is 6.07 Å². The molecule has 2 atom stereocenters. The minimum absolute atomic E-state index is 0.279. The lowest BCUT2D eigenvalue weighted by atomic mass is 10.1. The molecule has 0 bridgehead atoms. The first-order valence-corrected chi connectivity index (χ1v) is 4.64. The summed E-state index contributed by atoms with van der Waals surface area (Å²) in [6, 6.07) is 5.80. The van der Waals surface area contributed by atoms with Crippen LogP contribution in [-0.2, 0) is 0 Å². The molecule has 3 heteroatoms. The molecule has 64 valence electrons. The van der Waals surface area contributed by atoms with Gasteiger partial charge in [-0.05, 0) is 30.2 Å². The molecule has 2 N–H and O–H groups in total. The third kappa shape index (κ3) is 1.45. The van der Waals surface area contributed by atoms with Crippen LogP contribution in [0.1, 0.15) is 17.9 Å². The summed E-state index contributed by atoms with van der Waals surface area (Å²) in [5, 5.41) is 1.51. The van der Waals surface area contributed by atoms with E-state index in [9.17, 15) is 0 Å². The Labute approximate surface area is 81.5 Å². The molecule has 1 nitrogen and oxygen atoms in total. The average Bonchev–Trinajstić information content (AvgIpc) is 2.73. The van der Waals surface area contributed by atoms with Crippen molar-refractivity contribution in [2.75, 3.05) is 0 Å². The number of nitrogens with two attached hydrogens (primary N) is 1. The number of halogens is 2. The fourth-order valence-electron chi connectivity index (χ4n) is 1.37. The minimum atomic E-state index is 0.279. The molecule has 1 aliphatic carbocycles. The van der Waals surface area contributed by atoms with Gasteiger partial charge in [-0.2, -0.15) is 0 Å². The van der Waals surface area contributed by atoms with Gasteiger partial charge in [0.05, 0.1) is 0 Å². The standard InChI is InChI=1S/C9H9Cl2N/c10-5-1-2-8(11)6(3-5)7-4-9(7)12/h1-3,7,9H,4,12H2/t7-,9+/m0/s1. The highest BCUT2D eigenvalue weighted by Gasteiger charge is 2.36. The summed E-state index contributed by atoms with van der Waals surface area (Å²) in [5.41, 5.74) is 6.81. The quantitative estimate of drug-likeness (QED) is 0.744. The highest BCUT2D eigenvalue weighted by Crippen LogP contribution is 2.42. The van der Waals surface area contributed by atoms with Gasteiger partial charge >= 0.3 is 0 Å². The molecule has 2 rings (SSSR count). The lowest BCUT2D eigenvalue weighted by molar-refractivity contribution is 0.991. The Morgan fingerprint density at radius 3 is 2.58 bits per heavy atom. The van der Waals surface area contributed by atoms with Crippen LogP contribution in [0.5, 0.6) is 0 Å². The van der Waals surface area contributed by atoms with Crippen molar-refractivity contribution in [3.05, 3.63) is 33.8 Å². The molecule has 1 aromatic carbocycles. The zero-order valence-corrected chi connectivity index (χ0v) is 7.94. The monoisotopic (exact) mass is 201 g/mol. The molecule has 0 radical (unpaired) electrons.